The largest absolute Gasteiger partial charge is 0.508 e. The number of aromatic hydroxyl groups is 1. The lowest BCUT2D eigenvalue weighted by atomic mass is 10.1. The number of nitrogens with zero attached hydrogens (tertiary/aromatic N) is 1. The molecular weight excluding hydrogens is 244 g/mol. The van der Waals surface area contributed by atoms with Crippen molar-refractivity contribution in [2.45, 2.75) is 26.4 Å². The van der Waals surface area contributed by atoms with Crippen LogP contribution in [0.15, 0.2) is 24.4 Å². The number of carbonyl (C=O) groups is 1. The lowest BCUT2D eigenvalue weighted by Crippen LogP contribution is -2.23. The van der Waals surface area contributed by atoms with Gasteiger partial charge in [-0.15, -0.1) is 0 Å². The molecular formula is C14H18N2O3. The molecule has 0 saturated carbocycles. The molecule has 1 heterocycles. The molecule has 0 aliphatic rings. The standard InChI is InChI=1S/C14H18N2O3/c1-3-16-8-11(13(15)14(18)19-4-2)10-7-9(17)5-6-12(10)16/h5-8,13,17H,3-4,15H2,1-2H3. The van der Waals surface area contributed by atoms with Gasteiger partial charge in [0.15, 0.2) is 0 Å². The topological polar surface area (TPSA) is 77.5 Å². The Morgan fingerprint density at radius 2 is 2.21 bits per heavy atom. The number of carbonyl (C=O) groups excluding carboxylic acids is 1. The lowest BCUT2D eigenvalue weighted by molar-refractivity contribution is -0.144. The number of hydrogen-bond acceptors (Lipinski definition) is 4. The molecule has 0 radical (unpaired) electrons. The minimum absolute atomic E-state index is 0.152. The Morgan fingerprint density at radius 3 is 2.84 bits per heavy atom. The Balaban J connectivity index is 2.53. The fourth-order valence-corrected chi connectivity index (χ4v) is 2.18. The zero-order chi connectivity index (χ0) is 14.0. The number of phenolic OH excluding ortho intramolecular Hbond substituents is 1. The minimum Gasteiger partial charge on any atom is -0.508 e. The Bertz CT molecular complexity index is 604. The van der Waals surface area contributed by atoms with Crippen molar-refractivity contribution in [2.75, 3.05) is 6.61 Å². The molecule has 1 aromatic heterocycles. The van der Waals surface area contributed by atoms with E-state index in [0.717, 1.165) is 17.4 Å². The first kappa shape index (κ1) is 13.4. The number of aryl methyl sites for hydroxylation is 1. The maximum atomic E-state index is 11.8. The average Bonchev–Trinajstić information content (AvgIpc) is 2.76. The third-order valence-corrected chi connectivity index (χ3v) is 3.11. The lowest BCUT2D eigenvalue weighted by Gasteiger charge is -2.09. The maximum Gasteiger partial charge on any atom is 0.327 e. The molecule has 5 nitrogen and oxygen atoms in total. The van der Waals surface area contributed by atoms with E-state index in [1.807, 2.05) is 23.8 Å². The van der Waals surface area contributed by atoms with Crippen LogP contribution in [0, 0.1) is 0 Å². The highest BCUT2D eigenvalue weighted by molar-refractivity contribution is 5.91. The van der Waals surface area contributed by atoms with Gasteiger partial charge in [0.2, 0.25) is 0 Å². The van der Waals surface area contributed by atoms with E-state index < -0.39 is 12.0 Å². The van der Waals surface area contributed by atoms with Gasteiger partial charge in [0.25, 0.3) is 0 Å². The average molecular weight is 262 g/mol. The van der Waals surface area contributed by atoms with Gasteiger partial charge in [-0.1, -0.05) is 0 Å². The number of ether oxygens (including phenoxy) is 1. The van der Waals surface area contributed by atoms with Crippen LogP contribution >= 0.6 is 0 Å². The summed E-state index contributed by atoms with van der Waals surface area (Å²) in [6, 6.07) is 4.22. The normalized spacial score (nSPS) is 12.6. The first-order chi connectivity index (χ1) is 9.08. The van der Waals surface area contributed by atoms with Crippen molar-refractivity contribution >= 4 is 16.9 Å². The van der Waals surface area contributed by atoms with Gasteiger partial charge in [0.1, 0.15) is 11.8 Å². The smallest absolute Gasteiger partial charge is 0.327 e. The van der Waals surface area contributed by atoms with Crippen molar-refractivity contribution in [3.63, 3.8) is 0 Å². The maximum absolute atomic E-state index is 11.8. The summed E-state index contributed by atoms with van der Waals surface area (Å²) in [5.41, 5.74) is 7.55. The molecule has 0 aliphatic carbocycles. The molecule has 5 heteroatoms. The Morgan fingerprint density at radius 1 is 1.47 bits per heavy atom. The van der Waals surface area contributed by atoms with Crippen LogP contribution in [-0.4, -0.2) is 22.2 Å². The number of phenols is 1. The van der Waals surface area contributed by atoms with E-state index in [1.54, 1.807) is 19.1 Å². The number of aromatic nitrogens is 1. The number of nitrogens with two attached hydrogens (primary N) is 1. The van der Waals surface area contributed by atoms with Crippen LogP contribution in [0.3, 0.4) is 0 Å². The molecule has 102 valence electrons. The van der Waals surface area contributed by atoms with Gasteiger partial charge in [-0.05, 0) is 32.0 Å². The summed E-state index contributed by atoms with van der Waals surface area (Å²) < 4.78 is 6.93. The molecule has 3 N–H and O–H groups in total. The van der Waals surface area contributed by atoms with Crippen LogP contribution in [0.2, 0.25) is 0 Å². The minimum atomic E-state index is -0.836. The molecule has 0 saturated heterocycles. The van der Waals surface area contributed by atoms with Gasteiger partial charge in [-0.25, -0.2) is 4.79 Å². The SMILES string of the molecule is CCOC(=O)C(N)c1cn(CC)c2ccc(O)cc12. The zero-order valence-corrected chi connectivity index (χ0v) is 11.1. The number of hydrogen-bond donors (Lipinski definition) is 2. The molecule has 0 spiro atoms. The van der Waals surface area contributed by atoms with Crippen molar-refractivity contribution < 1.29 is 14.6 Å². The first-order valence-corrected chi connectivity index (χ1v) is 6.32. The second kappa shape index (κ2) is 5.32. The third-order valence-electron chi connectivity index (χ3n) is 3.11. The Hall–Kier alpha value is -2.01. The van der Waals surface area contributed by atoms with Crippen LogP contribution in [0.4, 0.5) is 0 Å². The second-order valence-electron chi connectivity index (χ2n) is 4.30. The quantitative estimate of drug-likeness (QED) is 0.825. The summed E-state index contributed by atoms with van der Waals surface area (Å²) >= 11 is 0. The second-order valence-corrected chi connectivity index (χ2v) is 4.30. The molecule has 1 unspecified atom stereocenters. The zero-order valence-electron chi connectivity index (χ0n) is 11.1. The van der Waals surface area contributed by atoms with Gasteiger partial charge in [-0.3, -0.25) is 0 Å². The molecule has 1 atom stereocenters. The van der Waals surface area contributed by atoms with Gasteiger partial charge < -0.3 is 20.1 Å². The molecule has 19 heavy (non-hydrogen) atoms. The van der Waals surface area contributed by atoms with Crippen molar-refractivity contribution in [1.29, 1.82) is 0 Å². The van der Waals surface area contributed by atoms with E-state index in [4.69, 9.17) is 10.5 Å². The van der Waals surface area contributed by atoms with Crippen LogP contribution in [0.1, 0.15) is 25.5 Å². The van der Waals surface area contributed by atoms with Gasteiger partial charge in [-0.2, -0.15) is 0 Å². The van der Waals surface area contributed by atoms with Crippen LogP contribution < -0.4 is 5.73 Å². The number of fused-ring (bicyclic) bond motifs is 1. The number of benzene rings is 1. The van der Waals surface area contributed by atoms with E-state index in [0.29, 0.717) is 12.2 Å². The van der Waals surface area contributed by atoms with Gasteiger partial charge in [0.05, 0.1) is 6.61 Å². The van der Waals surface area contributed by atoms with E-state index >= 15 is 0 Å². The molecule has 1 aromatic carbocycles. The third kappa shape index (κ3) is 2.42. The van der Waals surface area contributed by atoms with Crippen LogP contribution in [0.5, 0.6) is 5.75 Å². The highest BCUT2D eigenvalue weighted by atomic mass is 16.5. The number of rotatable bonds is 4. The Kier molecular flexibility index (Phi) is 3.76. The first-order valence-electron chi connectivity index (χ1n) is 6.32. The molecule has 0 fully saturated rings. The number of esters is 1. The molecule has 2 aromatic rings. The van der Waals surface area contributed by atoms with Crippen molar-refractivity contribution in [1.82, 2.24) is 4.57 Å². The highest BCUT2D eigenvalue weighted by Gasteiger charge is 2.22. The van der Waals surface area contributed by atoms with Crippen molar-refractivity contribution in [3.8, 4) is 5.75 Å². The molecule has 0 bridgehead atoms. The van der Waals surface area contributed by atoms with E-state index in [1.165, 1.54) is 0 Å². The fourth-order valence-electron chi connectivity index (χ4n) is 2.18. The van der Waals surface area contributed by atoms with Crippen molar-refractivity contribution in [3.05, 3.63) is 30.0 Å². The van der Waals surface area contributed by atoms with E-state index in [9.17, 15) is 9.90 Å². The molecule has 2 rings (SSSR count). The highest BCUT2D eigenvalue weighted by Crippen LogP contribution is 2.29. The van der Waals surface area contributed by atoms with Crippen LogP contribution in [-0.2, 0) is 16.1 Å². The summed E-state index contributed by atoms with van der Waals surface area (Å²) in [7, 11) is 0. The predicted molar refractivity (Wildman–Crippen MR) is 72.8 cm³/mol. The summed E-state index contributed by atoms with van der Waals surface area (Å²) in [6.07, 6.45) is 1.84. The van der Waals surface area contributed by atoms with Crippen molar-refractivity contribution in [2.24, 2.45) is 5.73 Å². The molecule has 0 amide bonds. The van der Waals surface area contributed by atoms with E-state index in [-0.39, 0.29) is 5.75 Å². The fraction of sp³-hybridized carbons (Fsp3) is 0.357. The van der Waals surface area contributed by atoms with Gasteiger partial charge in [0, 0.05) is 29.2 Å². The van der Waals surface area contributed by atoms with Gasteiger partial charge >= 0.3 is 5.97 Å². The summed E-state index contributed by atoms with van der Waals surface area (Å²) in [6.45, 7) is 4.80. The summed E-state index contributed by atoms with van der Waals surface area (Å²) in [5, 5.41) is 10.4. The monoisotopic (exact) mass is 262 g/mol. The summed E-state index contributed by atoms with van der Waals surface area (Å²) in [5.74, 6) is -0.306. The van der Waals surface area contributed by atoms with E-state index in [2.05, 4.69) is 0 Å². The van der Waals surface area contributed by atoms with Crippen LogP contribution in [0.25, 0.3) is 10.9 Å². The molecule has 0 aliphatic heterocycles. The predicted octanol–water partition coefficient (Wildman–Crippen LogP) is 1.93. The summed E-state index contributed by atoms with van der Waals surface area (Å²) in [4.78, 5) is 11.8. The Labute approximate surface area is 111 Å².